The number of likely N-dealkylation sites (tertiary alicyclic amines) is 1. The standard InChI is InChI=1S/C22H25ClN4O2S2.C2HF3O2/c1-16(17-6-4-3-5-7-17)27-11-10-18(13-27)26(2)21-9-8-19(12-20(21)23)31(28,29)25-22-14-30-15-24-22;3-2(4,5)1(6)7/h3-9,12,14-16,18,25H,10-11,13H2,1-2H3;(H,6,7)/t16-,18-;/m0./s1. The first-order chi connectivity index (χ1) is 17.8. The van der Waals surface area contributed by atoms with Crippen LogP contribution in [0.5, 0.6) is 0 Å². The predicted octanol–water partition coefficient (Wildman–Crippen LogP) is 5.50. The molecule has 1 saturated heterocycles. The maximum atomic E-state index is 12.6. The Balaban J connectivity index is 0.000000505. The molecule has 0 aliphatic carbocycles. The molecule has 14 heteroatoms. The molecule has 0 radical (unpaired) electrons. The molecule has 4 rings (SSSR count). The molecule has 3 aromatic rings. The van der Waals surface area contributed by atoms with E-state index in [0.717, 1.165) is 25.2 Å². The number of rotatable bonds is 7. The zero-order chi connectivity index (χ0) is 28.1. The van der Waals surface area contributed by atoms with Gasteiger partial charge in [0, 0.05) is 37.6 Å². The second-order valence-electron chi connectivity index (χ2n) is 8.53. The van der Waals surface area contributed by atoms with Crippen LogP contribution in [-0.4, -0.2) is 61.7 Å². The van der Waals surface area contributed by atoms with Gasteiger partial charge in [-0.1, -0.05) is 41.9 Å². The Bertz CT molecular complexity index is 1330. The zero-order valence-electron chi connectivity index (χ0n) is 20.4. The van der Waals surface area contributed by atoms with Crippen molar-refractivity contribution in [2.24, 2.45) is 0 Å². The van der Waals surface area contributed by atoms with Crippen LogP contribution < -0.4 is 9.62 Å². The van der Waals surface area contributed by atoms with Crippen molar-refractivity contribution in [1.29, 1.82) is 0 Å². The van der Waals surface area contributed by atoms with Gasteiger partial charge in [0.1, 0.15) is 0 Å². The molecule has 206 valence electrons. The van der Waals surface area contributed by atoms with E-state index >= 15 is 0 Å². The molecule has 0 bridgehead atoms. The summed E-state index contributed by atoms with van der Waals surface area (Å²) in [6.07, 6.45) is -4.06. The maximum absolute atomic E-state index is 12.6. The van der Waals surface area contributed by atoms with Gasteiger partial charge in [0.15, 0.2) is 5.82 Å². The first kappa shape index (κ1) is 29.7. The van der Waals surface area contributed by atoms with Crippen molar-refractivity contribution in [2.45, 2.75) is 36.5 Å². The van der Waals surface area contributed by atoms with Crippen molar-refractivity contribution >= 4 is 50.4 Å². The van der Waals surface area contributed by atoms with Gasteiger partial charge in [0.05, 0.1) is 21.1 Å². The molecule has 38 heavy (non-hydrogen) atoms. The Morgan fingerprint density at radius 1 is 1.26 bits per heavy atom. The number of alkyl halides is 3. The highest BCUT2D eigenvalue weighted by Crippen LogP contribution is 2.33. The van der Waals surface area contributed by atoms with Crippen LogP contribution in [0.25, 0.3) is 0 Å². The maximum Gasteiger partial charge on any atom is 0.490 e. The summed E-state index contributed by atoms with van der Waals surface area (Å²) in [6.45, 7) is 4.17. The molecule has 0 saturated carbocycles. The molecule has 2 heterocycles. The number of sulfonamides is 1. The lowest BCUT2D eigenvalue weighted by molar-refractivity contribution is -0.192. The van der Waals surface area contributed by atoms with Gasteiger partial charge < -0.3 is 10.0 Å². The molecule has 1 aliphatic heterocycles. The average Bonchev–Trinajstić information content (AvgIpc) is 3.56. The summed E-state index contributed by atoms with van der Waals surface area (Å²) in [5.41, 5.74) is 3.71. The topological polar surface area (TPSA) is 103 Å². The SMILES string of the molecule is C[C@@H](c1ccccc1)N1CC[C@H](N(C)c2ccc(S(=O)(=O)Nc3cscn3)cc2Cl)C1.O=C(O)C(F)(F)F. The van der Waals surface area contributed by atoms with E-state index in [1.165, 1.54) is 23.0 Å². The van der Waals surface area contributed by atoms with Crippen LogP contribution in [0.15, 0.2) is 64.3 Å². The third-order valence-electron chi connectivity index (χ3n) is 6.10. The van der Waals surface area contributed by atoms with Crippen LogP contribution in [0.1, 0.15) is 24.9 Å². The summed E-state index contributed by atoms with van der Waals surface area (Å²) < 4.78 is 59.4. The van der Waals surface area contributed by atoms with E-state index in [4.69, 9.17) is 21.5 Å². The zero-order valence-corrected chi connectivity index (χ0v) is 22.8. The number of nitrogens with zero attached hydrogens (tertiary/aromatic N) is 3. The lowest BCUT2D eigenvalue weighted by Crippen LogP contribution is -2.35. The largest absolute Gasteiger partial charge is 0.490 e. The Hall–Kier alpha value is -2.87. The Morgan fingerprint density at radius 3 is 2.47 bits per heavy atom. The number of anilines is 2. The summed E-state index contributed by atoms with van der Waals surface area (Å²) in [5.74, 6) is -2.45. The first-order valence-corrected chi connectivity index (χ1v) is 14.1. The number of likely N-dealkylation sites (N-methyl/N-ethyl adjacent to an activating group) is 1. The quantitative estimate of drug-likeness (QED) is 0.374. The minimum atomic E-state index is -5.08. The smallest absolute Gasteiger partial charge is 0.475 e. The minimum absolute atomic E-state index is 0.119. The van der Waals surface area contributed by atoms with Gasteiger partial charge in [-0.25, -0.2) is 18.2 Å². The molecule has 1 aromatic heterocycles. The van der Waals surface area contributed by atoms with Gasteiger partial charge in [0.2, 0.25) is 0 Å². The minimum Gasteiger partial charge on any atom is -0.475 e. The van der Waals surface area contributed by atoms with E-state index in [-0.39, 0.29) is 4.90 Å². The summed E-state index contributed by atoms with van der Waals surface area (Å²) in [7, 11) is -1.72. The van der Waals surface area contributed by atoms with Gasteiger partial charge in [-0.15, -0.1) is 11.3 Å². The number of aromatic nitrogens is 1. The van der Waals surface area contributed by atoms with Crippen molar-refractivity contribution in [3.8, 4) is 0 Å². The first-order valence-electron chi connectivity index (χ1n) is 11.3. The van der Waals surface area contributed by atoms with E-state index in [1.807, 2.05) is 13.1 Å². The van der Waals surface area contributed by atoms with Crippen molar-refractivity contribution in [1.82, 2.24) is 9.88 Å². The fraction of sp³-hybridized carbons (Fsp3) is 0.333. The van der Waals surface area contributed by atoms with Gasteiger partial charge >= 0.3 is 12.1 Å². The number of carboxylic acids is 1. The van der Waals surface area contributed by atoms with Gasteiger partial charge in [0.25, 0.3) is 10.0 Å². The molecule has 1 fully saturated rings. The van der Waals surface area contributed by atoms with E-state index in [9.17, 15) is 21.6 Å². The number of aliphatic carboxylic acids is 1. The molecule has 2 atom stereocenters. The number of carboxylic acid groups (broad SMARTS) is 1. The molecule has 1 aliphatic rings. The van der Waals surface area contributed by atoms with E-state index in [1.54, 1.807) is 23.0 Å². The average molecular weight is 591 g/mol. The lowest BCUT2D eigenvalue weighted by atomic mass is 10.1. The molecular formula is C24H26ClF3N4O4S2. The molecular weight excluding hydrogens is 565 g/mol. The number of hydrogen-bond donors (Lipinski definition) is 2. The molecule has 2 N–H and O–H groups in total. The molecule has 8 nitrogen and oxygen atoms in total. The Kier molecular flexibility index (Phi) is 9.63. The van der Waals surface area contributed by atoms with Gasteiger partial charge in [-0.3, -0.25) is 9.62 Å². The molecule has 0 unspecified atom stereocenters. The number of hydrogen-bond acceptors (Lipinski definition) is 7. The molecule has 2 aromatic carbocycles. The highest BCUT2D eigenvalue weighted by Gasteiger charge is 2.38. The number of thiazole rings is 1. The third-order valence-corrected chi connectivity index (χ3v) is 8.34. The summed E-state index contributed by atoms with van der Waals surface area (Å²) in [4.78, 5) is 17.6. The molecule has 0 spiro atoms. The van der Waals surface area contributed by atoms with E-state index in [0.29, 0.717) is 22.9 Å². The van der Waals surface area contributed by atoms with Crippen LogP contribution in [0.4, 0.5) is 24.7 Å². The van der Waals surface area contributed by atoms with Gasteiger partial charge in [-0.2, -0.15) is 13.2 Å². The van der Waals surface area contributed by atoms with Crippen molar-refractivity contribution in [3.05, 3.63) is 70.0 Å². The third kappa shape index (κ3) is 7.59. The van der Waals surface area contributed by atoms with Crippen LogP contribution in [0, 0.1) is 0 Å². The normalized spacial score (nSPS) is 16.8. The van der Waals surface area contributed by atoms with Crippen LogP contribution in [0.2, 0.25) is 5.02 Å². The van der Waals surface area contributed by atoms with Gasteiger partial charge in [-0.05, 0) is 37.1 Å². The number of nitrogens with one attached hydrogen (secondary N) is 1. The second-order valence-corrected chi connectivity index (χ2v) is 11.3. The lowest BCUT2D eigenvalue weighted by Gasteiger charge is -2.30. The number of halogens is 4. The van der Waals surface area contributed by atoms with Crippen molar-refractivity contribution in [3.63, 3.8) is 0 Å². The number of carbonyl (C=O) groups is 1. The molecule has 0 amide bonds. The van der Waals surface area contributed by atoms with E-state index in [2.05, 4.69) is 50.7 Å². The Labute approximate surface area is 227 Å². The summed E-state index contributed by atoms with van der Waals surface area (Å²) >= 11 is 7.85. The highest BCUT2D eigenvalue weighted by atomic mass is 35.5. The van der Waals surface area contributed by atoms with Crippen molar-refractivity contribution in [2.75, 3.05) is 29.8 Å². The predicted molar refractivity (Wildman–Crippen MR) is 141 cm³/mol. The summed E-state index contributed by atoms with van der Waals surface area (Å²) in [6, 6.07) is 16.0. The van der Waals surface area contributed by atoms with Crippen LogP contribution in [0.3, 0.4) is 0 Å². The number of benzene rings is 2. The van der Waals surface area contributed by atoms with E-state index < -0.39 is 22.2 Å². The highest BCUT2D eigenvalue weighted by molar-refractivity contribution is 7.92. The Morgan fingerprint density at radius 2 is 1.92 bits per heavy atom. The fourth-order valence-corrected chi connectivity index (χ4v) is 5.94. The van der Waals surface area contributed by atoms with Crippen LogP contribution >= 0.6 is 22.9 Å². The second kappa shape index (κ2) is 12.3. The summed E-state index contributed by atoms with van der Waals surface area (Å²) in [5, 5.41) is 9.18. The van der Waals surface area contributed by atoms with Crippen molar-refractivity contribution < 1.29 is 31.5 Å². The van der Waals surface area contributed by atoms with Crippen LogP contribution in [-0.2, 0) is 14.8 Å². The monoisotopic (exact) mass is 590 g/mol. The fourth-order valence-electron chi connectivity index (χ4n) is 3.98.